The van der Waals surface area contributed by atoms with Crippen molar-refractivity contribution in [2.75, 3.05) is 7.11 Å². The molecular formula is C24H25NO2. The Hall–Kier alpha value is -3.07. The topological polar surface area (TPSA) is 38.3 Å². The number of carbonyl (C=O) groups is 1. The Balaban J connectivity index is 1.83. The molecule has 3 aromatic rings. The monoisotopic (exact) mass is 359 g/mol. The summed E-state index contributed by atoms with van der Waals surface area (Å²) in [5.74, 6) is 0.831. The van der Waals surface area contributed by atoms with Crippen molar-refractivity contribution in [1.29, 1.82) is 0 Å². The van der Waals surface area contributed by atoms with Gasteiger partial charge in [-0.25, -0.2) is 0 Å². The molecule has 0 bridgehead atoms. The van der Waals surface area contributed by atoms with Crippen LogP contribution in [0.15, 0.2) is 72.8 Å². The molecule has 1 amide bonds. The number of hydrogen-bond donors (Lipinski definition) is 1. The van der Waals surface area contributed by atoms with Crippen molar-refractivity contribution in [3.63, 3.8) is 0 Å². The molecule has 3 aromatic carbocycles. The lowest BCUT2D eigenvalue weighted by Crippen LogP contribution is -2.31. The molecule has 3 nitrogen and oxygen atoms in total. The summed E-state index contributed by atoms with van der Waals surface area (Å²) >= 11 is 0. The number of carbonyl (C=O) groups excluding carboxylic acids is 1. The zero-order valence-corrected chi connectivity index (χ0v) is 16.0. The fourth-order valence-electron chi connectivity index (χ4n) is 3.34. The summed E-state index contributed by atoms with van der Waals surface area (Å²) in [6.45, 7) is 4.06. The first-order valence-electron chi connectivity index (χ1n) is 9.12. The van der Waals surface area contributed by atoms with Crippen LogP contribution in [-0.4, -0.2) is 13.0 Å². The molecule has 0 radical (unpaired) electrons. The Labute approximate surface area is 161 Å². The van der Waals surface area contributed by atoms with Gasteiger partial charge in [0.1, 0.15) is 5.75 Å². The van der Waals surface area contributed by atoms with Gasteiger partial charge >= 0.3 is 0 Å². The van der Waals surface area contributed by atoms with Gasteiger partial charge in [0.05, 0.1) is 19.6 Å². The smallest absolute Gasteiger partial charge is 0.225 e. The minimum atomic E-state index is -0.167. The summed E-state index contributed by atoms with van der Waals surface area (Å²) in [5.41, 5.74) is 5.35. The van der Waals surface area contributed by atoms with Crippen LogP contribution >= 0.6 is 0 Å². The van der Waals surface area contributed by atoms with Gasteiger partial charge in [0.15, 0.2) is 0 Å². The summed E-state index contributed by atoms with van der Waals surface area (Å²) < 4.78 is 5.30. The standard InChI is InChI=1S/C24H25NO2/c1-17-9-7-8-12-21(17)24(20-10-5-4-6-11-20)25-23(26)16-19-13-14-22(27-3)18(2)15-19/h4-15,24H,16H2,1-3H3,(H,25,26)/t24-/m1/s1. The molecule has 0 aliphatic heterocycles. The van der Waals surface area contributed by atoms with Crippen LogP contribution in [0.5, 0.6) is 5.75 Å². The molecule has 0 fully saturated rings. The van der Waals surface area contributed by atoms with Crippen LogP contribution in [0.3, 0.4) is 0 Å². The van der Waals surface area contributed by atoms with Crippen LogP contribution in [0.1, 0.15) is 33.9 Å². The molecule has 0 aliphatic rings. The number of methoxy groups -OCH3 is 1. The Morgan fingerprint density at radius 3 is 2.30 bits per heavy atom. The zero-order valence-electron chi connectivity index (χ0n) is 16.0. The predicted molar refractivity (Wildman–Crippen MR) is 109 cm³/mol. The highest BCUT2D eigenvalue weighted by molar-refractivity contribution is 5.79. The van der Waals surface area contributed by atoms with Gasteiger partial charge in [-0.2, -0.15) is 0 Å². The van der Waals surface area contributed by atoms with Crippen molar-refractivity contribution in [1.82, 2.24) is 5.32 Å². The summed E-state index contributed by atoms with van der Waals surface area (Å²) in [4.78, 5) is 12.8. The first-order chi connectivity index (χ1) is 13.1. The highest BCUT2D eigenvalue weighted by Gasteiger charge is 2.18. The number of benzene rings is 3. The van der Waals surface area contributed by atoms with Crippen LogP contribution in [0.4, 0.5) is 0 Å². The predicted octanol–water partition coefficient (Wildman–Crippen LogP) is 4.76. The van der Waals surface area contributed by atoms with E-state index in [2.05, 4.69) is 36.5 Å². The van der Waals surface area contributed by atoms with E-state index in [9.17, 15) is 4.79 Å². The summed E-state index contributed by atoms with van der Waals surface area (Å²) in [7, 11) is 1.65. The average Bonchev–Trinajstić information content (AvgIpc) is 2.68. The SMILES string of the molecule is COc1ccc(CC(=O)N[C@H](c2ccccc2)c2ccccc2C)cc1C. The van der Waals surface area contributed by atoms with E-state index in [1.165, 1.54) is 0 Å². The number of amides is 1. The third-order valence-corrected chi connectivity index (χ3v) is 4.76. The van der Waals surface area contributed by atoms with Crippen molar-refractivity contribution in [3.8, 4) is 5.75 Å². The average molecular weight is 359 g/mol. The Morgan fingerprint density at radius 2 is 1.63 bits per heavy atom. The van der Waals surface area contributed by atoms with Gasteiger partial charge in [-0.05, 0) is 47.7 Å². The van der Waals surface area contributed by atoms with Crippen LogP contribution < -0.4 is 10.1 Å². The van der Waals surface area contributed by atoms with E-state index >= 15 is 0 Å². The molecule has 138 valence electrons. The molecule has 0 heterocycles. The molecule has 1 N–H and O–H groups in total. The van der Waals surface area contributed by atoms with E-state index in [0.29, 0.717) is 6.42 Å². The maximum absolute atomic E-state index is 12.8. The van der Waals surface area contributed by atoms with E-state index in [1.807, 2.05) is 55.5 Å². The first-order valence-corrected chi connectivity index (χ1v) is 9.12. The van der Waals surface area contributed by atoms with Gasteiger partial charge in [0.2, 0.25) is 5.91 Å². The number of aryl methyl sites for hydroxylation is 2. The zero-order chi connectivity index (χ0) is 19.2. The van der Waals surface area contributed by atoms with Crippen LogP contribution in [0.2, 0.25) is 0 Å². The quantitative estimate of drug-likeness (QED) is 0.689. The Kier molecular flexibility index (Phi) is 5.92. The van der Waals surface area contributed by atoms with E-state index in [4.69, 9.17) is 4.74 Å². The lowest BCUT2D eigenvalue weighted by molar-refractivity contribution is -0.120. The second-order valence-electron chi connectivity index (χ2n) is 6.75. The highest BCUT2D eigenvalue weighted by Crippen LogP contribution is 2.25. The highest BCUT2D eigenvalue weighted by atomic mass is 16.5. The normalized spacial score (nSPS) is 11.7. The van der Waals surface area contributed by atoms with Gasteiger partial charge in [-0.15, -0.1) is 0 Å². The number of hydrogen-bond acceptors (Lipinski definition) is 2. The Bertz CT molecular complexity index is 919. The van der Waals surface area contributed by atoms with E-state index in [0.717, 1.165) is 33.6 Å². The molecule has 0 saturated heterocycles. The number of ether oxygens (including phenoxy) is 1. The lowest BCUT2D eigenvalue weighted by Gasteiger charge is -2.22. The largest absolute Gasteiger partial charge is 0.496 e. The number of nitrogens with one attached hydrogen (secondary N) is 1. The summed E-state index contributed by atoms with van der Waals surface area (Å²) in [5, 5.41) is 3.22. The van der Waals surface area contributed by atoms with Crippen molar-refractivity contribution in [2.24, 2.45) is 0 Å². The molecule has 0 saturated carbocycles. The molecule has 0 aliphatic carbocycles. The summed E-state index contributed by atoms with van der Waals surface area (Å²) in [6.07, 6.45) is 0.333. The third kappa shape index (κ3) is 4.56. The maximum Gasteiger partial charge on any atom is 0.225 e. The third-order valence-electron chi connectivity index (χ3n) is 4.76. The molecule has 0 unspecified atom stereocenters. The molecule has 0 aromatic heterocycles. The molecule has 3 heteroatoms. The maximum atomic E-state index is 12.8. The molecule has 27 heavy (non-hydrogen) atoms. The fraction of sp³-hybridized carbons (Fsp3) is 0.208. The van der Waals surface area contributed by atoms with Crippen molar-refractivity contribution in [2.45, 2.75) is 26.3 Å². The van der Waals surface area contributed by atoms with Gasteiger partial charge < -0.3 is 10.1 Å². The van der Waals surface area contributed by atoms with Gasteiger partial charge in [0, 0.05) is 0 Å². The number of rotatable bonds is 6. The molecule has 0 spiro atoms. The summed E-state index contributed by atoms with van der Waals surface area (Å²) in [6, 6.07) is 24.0. The lowest BCUT2D eigenvalue weighted by atomic mass is 9.94. The van der Waals surface area contributed by atoms with Crippen molar-refractivity contribution < 1.29 is 9.53 Å². The van der Waals surface area contributed by atoms with E-state index in [-0.39, 0.29) is 11.9 Å². The minimum absolute atomic E-state index is 0.00308. The van der Waals surface area contributed by atoms with Crippen molar-refractivity contribution in [3.05, 3.63) is 101 Å². The van der Waals surface area contributed by atoms with Gasteiger partial charge in [0.25, 0.3) is 0 Å². The van der Waals surface area contributed by atoms with Gasteiger partial charge in [-0.3, -0.25) is 4.79 Å². The Morgan fingerprint density at radius 1 is 0.926 bits per heavy atom. The van der Waals surface area contributed by atoms with E-state index in [1.54, 1.807) is 7.11 Å². The van der Waals surface area contributed by atoms with Gasteiger partial charge in [-0.1, -0.05) is 66.7 Å². The van der Waals surface area contributed by atoms with E-state index < -0.39 is 0 Å². The van der Waals surface area contributed by atoms with Crippen LogP contribution in [-0.2, 0) is 11.2 Å². The molecule has 3 rings (SSSR count). The van der Waals surface area contributed by atoms with Crippen LogP contribution in [0.25, 0.3) is 0 Å². The molecule has 1 atom stereocenters. The van der Waals surface area contributed by atoms with Crippen molar-refractivity contribution >= 4 is 5.91 Å². The van der Waals surface area contributed by atoms with Crippen LogP contribution in [0, 0.1) is 13.8 Å². The second-order valence-corrected chi connectivity index (χ2v) is 6.75. The first kappa shape index (κ1) is 18.7. The molecular weight excluding hydrogens is 334 g/mol. The minimum Gasteiger partial charge on any atom is -0.496 e. The second kappa shape index (κ2) is 8.54. The fourth-order valence-corrected chi connectivity index (χ4v) is 3.34.